The second-order valence-corrected chi connectivity index (χ2v) is 6.98. The van der Waals surface area contributed by atoms with Crippen molar-refractivity contribution in [2.75, 3.05) is 6.61 Å². The molecule has 0 heterocycles. The van der Waals surface area contributed by atoms with Crippen molar-refractivity contribution in [3.05, 3.63) is 63.1 Å². The molecule has 1 N–H and O–H groups in total. The van der Waals surface area contributed by atoms with E-state index < -0.39 is 34.4 Å². The first-order valence-electron chi connectivity index (χ1n) is 7.87. The van der Waals surface area contributed by atoms with Gasteiger partial charge in [0.25, 0.3) is 0 Å². The van der Waals surface area contributed by atoms with Gasteiger partial charge < -0.3 is 14.6 Å². The number of carboxylic acid groups (broad SMARTS) is 1. The Morgan fingerprint density at radius 1 is 0.931 bits per heavy atom. The zero-order chi connectivity index (χ0) is 21.3. The third kappa shape index (κ3) is 4.80. The molecule has 0 aliphatic heterocycles. The lowest BCUT2D eigenvalue weighted by Gasteiger charge is -2.15. The van der Waals surface area contributed by atoms with Crippen LogP contribution in [0.1, 0.15) is 5.56 Å². The molecule has 29 heavy (non-hydrogen) atoms. The van der Waals surface area contributed by atoms with Gasteiger partial charge in [-0.15, -0.1) is 0 Å². The summed E-state index contributed by atoms with van der Waals surface area (Å²) in [4.78, 5) is 10.6. The summed E-state index contributed by atoms with van der Waals surface area (Å²) < 4.78 is 49.7. The zero-order valence-corrected chi connectivity index (χ0v) is 16.5. The number of ether oxygens (including phenoxy) is 2. The molecule has 0 saturated carbocycles. The van der Waals surface area contributed by atoms with Crippen LogP contribution in [0, 0.1) is 0 Å². The van der Waals surface area contributed by atoms with Crippen molar-refractivity contribution in [3.63, 3.8) is 0 Å². The second-order valence-electron chi connectivity index (χ2n) is 5.82. The van der Waals surface area contributed by atoms with E-state index in [1.165, 1.54) is 0 Å². The zero-order valence-electron chi connectivity index (χ0n) is 14.2. The Hall–Kier alpha value is -2.35. The molecule has 0 spiro atoms. The fourth-order valence-corrected chi connectivity index (χ4v) is 3.28. The summed E-state index contributed by atoms with van der Waals surface area (Å²) >= 11 is 17.6. The lowest BCUT2D eigenvalue weighted by atomic mass is 10.1. The fourth-order valence-electron chi connectivity index (χ4n) is 2.50. The maximum Gasteiger partial charge on any atom is 0.417 e. The Bertz CT molecular complexity index is 1100. The molecule has 3 aromatic carbocycles. The van der Waals surface area contributed by atoms with E-state index in [4.69, 9.17) is 49.4 Å². The monoisotopic (exact) mass is 464 g/mol. The molecule has 0 aliphatic carbocycles. The van der Waals surface area contributed by atoms with Gasteiger partial charge in [0.15, 0.2) is 12.4 Å². The Labute approximate surface area is 177 Å². The Morgan fingerprint density at radius 3 is 2.10 bits per heavy atom. The van der Waals surface area contributed by atoms with E-state index in [1.54, 1.807) is 36.4 Å². The lowest BCUT2D eigenvalue weighted by Crippen LogP contribution is -2.09. The maximum atomic E-state index is 13.0. The van der Waals surface area contributed by atoms with E-state index >= 15 is 0 Å². The number of benzene rings is 3. The van der Waals surface area contributed by atoms with E-state index in [9.17, 15) is 18.0 Å². The highest BCUT2D eigenvalue weighted by Gasteiger charge is 2.36. The molecule has 10 heteroatoms. The van der Waals surface area contributed by atoms with Crippen LogP contribution in [0.15, 0.2) is 42.5 Å². The second kappa shape index (κ2) is 8.18. The molecule has 0 atom stereocenters. The quantitative estimate of drug-likeness (QED) is 0.409. The van der Waals surface area contributed by atoms with Crippen molar-refractivity contribution >= 4 is 51.5 Å². The highest BCUT2D eigenvalue weighted by Crippen LogP contribution is 2.47. The molecule has 0 aromatic heterocycles. The van der Waals surface area contributed by atoms with E-state index in [0.29, 0.717) is 17.2 Å². The van der Waals surface area contributed by atoms with Crippen LogP contribution in [0.5, 0.6) is 17.2 Å². The van der Waals surface area contributed by atoms with Crippen molar-refractivity contribution in [1.29, 1.82) is 0 Å². The molecule has 0 unspecified atom stereocenters. The van der Waals surface area contributed by atoms with Crippen LogP contribution in [0.4, 0.5) is 13.2 Å². The van der Waals surface area contributed by atoms with Crippen LogP contribution in [0.25, 0.3) is 10.8 Å². The first-order chi connectivity index (χ1) is 13.6. The predicted octanol–water partition coefficient (Wildman–Crippen LogP) is 7.07. The SMILES string of the molecule is O=C(O)COc1ccc2cc(Oc3c(Cl)cc(C(F)(F)F)c(Cl)c3Cl)ccc2c1. The first-order valence-corrected chi connectivity index (χ1v) is 9.00. The largest absolute Gasteiger partial charge is 0.482 e. The number of aliphatic carboxylic acids is 1. The van der Waals surface area contributed by atoms with Gasteiger partial charge in [-0.25, -0.2) is 4.79 Å². The normalized spacial score (nSPS) is 11.5. The number of alkyl halides is 3. The van der Waals surface area contributed by atoms with Gasteiger partial charge in [-0.1, -0.05) is 46.9 Å². The number of rotatable bonds is 5. The van der Waals surface area contributed by atoms with Gasteiger partial charge in [0, 0.05) is 0 Å². The highest BCUT2D eigenvalue weighted by molar-refractivity contribution is 6.45. The summed E-state index contributed by atoms with van der Waals surface area (Å²) in [5, 5.41) is 8.58. The minimum Gasteiger partial charge on any atom is -0.482 e. The molecule has 3 rings (SSSR count). The topological polar surface area (TPSA) is 55.8 Å². The highest BCUT2D eigenvalue weighted by atomic mass is 35.5. The van der Waals surface area contributed by atoms with Gasteiger partial charge in [0.1, 0.15) is 16.5 Å². The van der Waals surface area contributed by atoms with Gasteiger partial charge in [0.05, 0.1) is 15.6 Å². The average Bonchev–Trinajstić information content (AvgIpc) is 2.65. The maximum absolute atomic E-state index is 13.0. The third-order valence-corrected chi connectivity index (χ3v) is 4.92. The summed E-state index contributed by atoms with van der Waals surface area (Å²) in [6.07, 6.45) is -4.72. The van der Waals surface area contributed by atoms with Gasteiger partial charge in [-0.05, 0) is 41.1 Å². The summed E-state index contributed by atoms with van der Waals surface area (Å²) in [5.74, 6) is -0.671. The van der Waals surface area contributed by atoms with Gasteiger partial charge in [-0.2, -0.15) is 13.2 Å². The van der Waals surface area contributed by atoms with Gasteiger partial charge in [-0.3, -0.25) is 0 Å². The number of carboxylic acids is 1. The van der Waals surface area contributed by atoms with Crippen molar-refractivity contribution in [3.8, 4) is 17.2 Å². The summed E-state index contributed by atoms with van der Waals surface area (Å²) in [6, 6.07) is 10.3. The van der Waals surface area contributed by atoms with Crippen LogP contribution < -0.4 is 9.47 Å². The average molecular weight is 466 g/mol. The first kappa shape index (κ1) is 21.4. The van der Waals surface area contributed by atoms with Crippen molar-refractivity contribution < 1.29 is 32.5 Å². The van der Waals surface area contributed by atoms with Crippen molar-refractivity contribution in [2.24, 2.45) is 0 Å². The molecule has 152 valence electrons. The van der Waals surface area contributed by atoms with Crippen LogP contribution in [-0.4, -0.2) is 17.7 Å². The molecule has 0 amide bonds. The third-order valence-electron chi connectivity index (χ3n) is 3.79. The Kier molecular flexibility index (Phi) is 6.03. The van der Waals surface area contributed by atoms with Gasteiger partial charge in [0.2, 0.25) is 0 Å². The Morgan fingerprint density at radius 2 is 1.52 bits per heavy atom. The molecule has 3 aromatic rings. The van der Waals surface area contributed by atoms with Crippen LogP contribution >= 0.6 is 34.8 Å². The molecule has 0 bridgehead atoms. The molecule has 4 nitrogen and oxygen atoms in total. The molecule has 0 saturated heterocycles. The molecular weight excluding hydrogens is 456 g/mol. The number of fused-ring (bicyclic) bond motifs is 1. The van der Waals surface area contributed by atoms with E-state index in [-0.39, 0.29) is 16.5 Å². The molecule has 0 aliphatic rings. The molecular formula is C19H10Cl3F3O4. The fraction of sp³-hybridized carbons (Fsp3) is 0.105. The molecule has 0 radical (unpaired) electrons. The minimum atomic E-state index is -4.72. The number of carbonyl (C=O) groups is 1. The summed E-state index contributed by atoms with van der Waals surface area (Å²) in [7, 11) is 0. The van der Waals surface area contributed by atoms with Crippen molar-refractivity contribution in [2.45, 2.75) is 6.18 Å². The van der Waals surface area contributed by atoms with Crippen LogP contribution in [-0.2, 0) is 11.0 Å². The summed E-state index contributed by atoms with van der Waals surface area (Å²) in [6.45, 7) is -0.474. The van der Waals surface area contributed by atoms with E-state index in [0.717, 1.165) is 5.39 Å². The lowest BCUT2D eigenvalue weighted by molar-refractivity contribution is -0.139. The summed E-state index contributed by atoms with van der Waals surface area (Å²) in [5.41, 5.74) is -1.16. The number of halogens is 6. The number of hydrogen-bond acceptors (Lipinski definition) is 3. The minimum absolute atomic E-state index is 0.202. The van der Waals surface area contributed by atoms with Crippen LogP contribution in [0.2, 0.25) is 15.1 Å². The van der Waals surface area contributed by atoms with Gasteiger partial charge >= 0.3 is 12.1 Å². The van der Waals surface area contributed by atoms with Crippen molar-refractivity contribution in [1.82, 2.24) is 0 Å². The Balaban J connectivity index is 1.91. The standard InChI is InChI=1S/C19H10Cl3F3O4/c20-14-7-13(19(23,24)25)16(21)17(22)18(14)29-12-4-2-9-5-11(28-8-15(26)27)3-1-10(9)6-12/h1-7H,8H2,(H,26,27). The smallest absolute Gasteiger partial charge is 0.417 e. The van der Waals surface area contributed by atoms with E-state index in [1.807, 2.05) is 0 Å². The van der Waals surface area contributed by atoms with Crippen LogP contribution in [0.3, 0.4) is 0 Å². The van der Waals surface area contributed by atoms with E-state index in [2.05, 4.69) is 0 Å². The predicted molar refractivity (Wildman–Crippen MR) is 104 cm³/mol. The number of hydrogen-bond donors (Lipinski definition) is 1. The molecule has 0 fully saturated rings.